The van der Waals surface area contributed by atoms with Crippen LogP contribution >= 0.6 is 15.9 Å². The fourth-order valence-corrected chi connectivity index (χ4v) is 2.52. The number of nitrogens with zero attached hydrogens (tertiary/aromatic N) is 2. The van der Waals surface area contributed by atoms with Gasteiger partial charge >= 0.3 is 0 Å². The second-order valence-corrected chi connectivity index (χ2v) is 6.54. The zero-order chi connectivity index (χ0) is 14.7. The van der Waals surface area contributed by atoms with Gasteiger partial charge in [-0.3, -0.25) is 0 Å². The maximum absolute atomic E-state index is 4.74. The molecule has 1 aliphatic rings. The first-order chi connectivity index (χ1) is 10.2. The lowest BCUT2D eigenvalue weighted by Gasteiger charge is -2.19. The molecule has 1 N–H and O–H groups in total. The lowest BCUT2D eigenvalue weighted by atomic mass is 10.2. The van der Waals surface area contributed by atoms with Crippen molar-refractivity contribution in [1.82, 2.24) is 10.3 Å². The van der Waals surface area contributed by atoms with E-state index in [1.54, 1.807) is 0 Å². The molecule has 2 aromatic rings. The highest BCUT2D eigenvalue weighted by atomic mass is 79.9. The van der Waals surface area contributed by atoms with Crippen LogP contribution in [0.15, 0.2) is 46.9 Å². The summed E-state index contributed by atoms with van der Waals surface area (Å²) in [7, 11) is 2.09. The SMILES string of the molecule is CN(Cc1ccc(Br)cc1)c1cccc(CNC2CC2)n1. The van der Waals surface area contributed by atoms with Crippen molar-refractivity contribution in [1.29, 1.82) is 0 Å². The first kappa shape index (κ1) is 14.5. The third kappa shape index (κ3) is 4.29. The van der Waals surface area contributed by atoms with Gasteiger partial charge in [0.1, 0.15) is 5.82 Å². The minimum atomic E-state index is 0.718. The molecule has 0 amide bonds. The third-order valence-electron chi connectivity index (χ3n) is 3.67. The topological polar surface area (TPSA) is 28.2 Å². The fourth-order valence-electron chi connectivity index (χ4n) is 2.26. The normalized spacial score (nSPS) is 14.2. The number of rotatable bonds is 6. The summed E-state index contributed by atoms with van der Waals surface area (Å²) < 4.78 is 1.11. The molecule has 0 aliphatic heterocycles. The molecule has 0 bridgehead atoms. The summed E-state index contributed by atoms with van der Waals surface area (Å²) in [6.07, 6.45) is 2.62. The van der Waals surface area contributed by atoms with Crippen LogP contribution in [0.2, 0.25) is 0 Å². The van der Waals surface area contributed by atoms with E-state index < -0.39 is 0 Å². The molecule has 3 rings (SSSR count). The predicted octanol–water partition coefficient (Wildman–Crippen LogP) is 3.73. The second-order valence-electron chi connectivity index (χ2n) is 5.62. The molecule has 0 unspecified atom stereocenters. The van der Waals surface area contributed by atoms with Crippen molar-refractivity contribution in [3.63, 3.8) is 0 Å². The Morgan fingerprint density at radius 1 is 1.19 bits per heavy atom. The molecule has 4 heteroatoms. The van der Waals surface area contributed by atoms with Gasteiger partial charge in [0.2, 0.25) is 0 Å². The first-order valence-electron chi connectivity index (χ1n) is 7.35. The van der Waals surface area contributed by atoms with E-state index in [2.05, 4.69) is 75.7 Å². The highest BCUT2D eigenvalue weighted by molar-refractivity contribution is 9.10. The Kier molecular flexibility index (Phi) is 4.56. The quantitative estimate of drug-likeness (QED) is 0.864. The van der Waals surface area contributed by atoms with Crippen molar-refractivity contribution in [3.8, 4) is 0 Å². The maximum atomic E-state index is 4.74. The van der Waals surface area contributed by atoms with E-state index in [0.717, 1.165) is 35.1 Å². The Hall–Kier alpha value is -1.39. The molecule has 1 heterocycles. The van der Waals surface area contributed by atoms with Gasteiger partial charge < -0.3 is 10.2 Å². The van der Waals surface area contributed by atoms with Crippen LogP contribution < -0.4 is 10.2 Å². The van der Waals surface area contributed by atoms with Crippen LogP contribution in [0.3, 0.4) is 0 Å². The zero-order valence-electron chi connectivity index (χ0n) is 12.2. The van der Waals surface area contributed by atoms with Gasteiger partial charge in [-0.2, -0.15) is 0 Å². The van der Waals surface area contributed by atoms with Crippen molar-refractivity contribution in [3.05, 3.63) is 58.2 Å². The van der Waals surface area contributed by atoms with Gasteiger partial charge in [0, 0.05) is 30.7 Å². The number of anilines is 1. The first-order valence-corrected chi connectivity index (χ1v) is 8.15. The molecule has 21 heavy (non-hydrogen) atoms. The number of aromatic nitrogens is 1. The minimum Gasteiger partial charge on any atom is -0.355 e. The van der Waals surface area contributed by atoms with Crippen LogP contribution in [-0.4, -0.2) is 18.1 Å². The molecule has 3 nitrogen and oxygen atoms in total. The van der Waals surface area contributed by atoms with Crippen molar-refractivity contribution < 1.29 is 0 Å². The summed E-state index contributed by atoms with van der Waals surface area (Å²) in [5.41, 5.74) is 2.39. The van der Waals surface area contributed by atoms with E-state index in [-0.39, 0.29) is 0 Å². The standard InChI is InChI=1S/C17H20BrN3/c1-21(12-13-5-7-14(18)8-6-13)17-4-2-3-16(20-17)11-19-15-9-10-15/h2-8,15,19H,9-12H2,1H3. The van der Waals surface area contributed by atoms with Crippen LogP contribution in [0.4, 0.5) is 5.82 Å². The third-order valence-corrected chi connectivity index (χ3v) is 4.19. The average molecular weight is 346 g/mol. The highest BCUT2D eigenvalue weighted by Gasteiger charge is 2.20. The largest absolute Gasteiger partial charge is 0.355 e. The van der Waals surface area contributed by atoms with Crippen molar-refractivity contribution in [2.45, 2.75) is 32.0 Å². The smallest absolute Gasteiger partial charge is 0.128 e. The lowest BCUT2D eigenvalue weighted by molar-refractivity contribution is 0.673. The Morgan fingerprint density at radius 3 is 2.67 bits per heavy atom. The monoisotopic (exact) mass is 345 g/mol. The molecule has 1 saturated carbocycles. The van der Waals surface area contributed by atoms with Gasteiger partial charge in [-0.25, -0.2) is 4.98 Å². The molecule has 1 aliphatic carbocycles. The highest BCUT2D eigenvalue weighted by Crippen LogP contribution is 2.20. The molecule has 0 atom stereocenters. The van der Waals surface area contributed by atoms with Crippen molar-refractivity contribution in [2.75, 3.05) is 11.9 Å². The molecule has 1 aromatic heterocycles. The summed E-state index contributed by atoms with van der Waals surface area (Å²) in [4.78, 5) is 6.92. The summed E-state index contributed by atoms with van der Waals surface area (Å²) >= 11 is 3.47. The summed E-state index contributed by atoms with van der Waals surface area (Å²) in [6.45, 7) is 1.73. The molecule has 0 radical (unpaired) electrons. The Labute approximate surface area is 134 Å². The molecule has 1 fully saturated rings. The molecule has 0 spiro atoms. The van der Waals surface area contributed by atoms with Gasteiger partial charge in [-0.15, -0.1) is 0 Å². The number of hydrogen-bond acceptors (Lipinski definition) is 3. The number of hydrogen-bond donors (Lipinski definition) is 1. The van der Waals surface area contributed by atoms with Gasteiger partial charge in [-0.1, -0.05) is 34.1 Å². The molecular weight excluding hydrogens is 326 g/mol. The van der Waals surface area contributed by atoms with E-state index in [4.69, 9.17) is 4.98 Å². The molecule has 0 saturated heterocycles. The number of nitrogens with one attached hydrogen (secondary N) is 1. The minimum absolute atomic E-state index is 0.718. The molecular formula is C17H20BrN3. The summed E-state index contributed by atoms with van der Waals surface area (Å²) in [5, 5.41) is 3.51. The van der Waals surface area contributed by atoms with Gasteiger partial charge in [0.05, 0.1) is 5.69 Å². The van der Waals surface area contributed by atoms with Crippen LogP contribution in [0.25, 0.3) is 0 Å². The second kappa shape index (κ2) is 6.58. The lowest BCUT2D eigenvalue weighted by Crippen LogP contribution is -2.20. The predicted molar refractivity (Wildman–Crippen MR) is 90.3 cm³/mol. The summed E-state index contributed by atoms with van der Waals surface area (Å²) in [6, 6.07) is 15.4. The van der Waals surface area contributed by atoms with Gasteiger partial charge in [-0.05, 0) is 42.7 Å². The van der Waals surface area contributed by atoms with E-state index in [1.165, 1.54) is 18.4 Å². The van der Waals surface area contributed by atoms with Crippen LogP contribution in [0.1, 0.15) is 24.1 Å². The summed E-state index contributed by atoms with van der Waals surface area (Å²) in [5.74, 6) is 1.02. The number of halogens is 1. The molecule has 1 aromatic carbocycles. The zero-order valence-corrected chi connectivity index (χ0v) is 13.8. The van der Waals surface area contributed by atoms with Crippen LogP contribution in [0.5, 0.6) is 0 Å². The van der Waals surface area contributed by atoms with Crippen molar-refractivity contribution in [2.24, 2.45) is 0 Å². The van der Waals surface area contributed by atoms with E-state index in [1.807, 2.05) is 0 Å². The fraction of sp³-hybridized carbons (Fsp3) is 0.353. The van der Waals surface area contributed by atoms with Crippen molar-refractivity contribution >= 4 is 21.7 Å². The number of benzene rings is 1. The van der Waals surface area contributed by atoms with E-state index in [9.17, 15) is 0 Å². The van der Waals surface area contributed by atoms with Gasteiger partial charge in [0.25, 0.3) is 0 Å². The average Bonchev–Trinajstić information content (AvgIpc) is 3.32. The Bertz CT molecular complexity index is 593. The van der Waals surface area contributed by atoms with E-state index >= 15 is 0 Å². The van der Waals surface area contributed by atoms with E-state index in [0.29, 0.717) is 0 Å². The number of pyridine rings is 1. The molecule has 110 valence electrons. The van der Waals surface area contributed by atoms with Gasteiger partial charge in [0.15, 0.2) is 0 Å². The maximum Gasteiger partial charge on any atom is 0.128 e. The van der Waals surface area contributed by atoms with Crippen LogP contribution in [-0.2, 0) is 13.1 Å². The van der Waals surface area contributed by atoms with Crippen LogP contribution in [0, 0.1) is 0 Å². The Morgan fingerprint density at radius 2 is 1.95 bits per heavy atom. The Balaban J connectivity index is 1.63.